The van der Waals surface area contributed by atoms with E-state index in [0.717, 1.165) is 11.0 Å². The van der Waals surface area contributed by atoms with Gasteiger partial charge in [0.25, 0.3) is 0 Å². The van der Waals surface area contributed by atoms with Crippen LogP contribution in [0.3, 0.4) is 0 Å². The molecule has 0 radical (unpaired) electrons. The van der Waals surface area contributed by atoms with Gasteiger partial charge in [-0.1, -0.05) is 28.1 Å². The molecule has 0 amide bonds. The number of nitrogens with zero attached hydrogens (tertiary/aromatic N) is 2. The second kappa shape index (κ2) is 8.59. The molecule has 1 aromatic heterocycles. The van der Waals surface area contributed by atoms with Gasteiger partial charge in [-0.15, -0.1) is 0 Å². The molecule has 0 fully saturated rings. The molecule has 3 rings (SSSR count). The highest BCUT2D eigenvalue weighted by Gasteiger charge is 2.14. The van der Waals surface area contributed by atoms with Crippen LogP contribution in [-0.2, 0) is 9.53 Å². The highest BCUT2D eigenvalue weighted by atomic mass is 79.9. The average Bonchev–Trinajstić information content (AvgIpc) is 3.15. The van der Waals surface area contributed by atoms with E-state index in [0.29, 0.717) is 32.9 Å². The van der Waals surface area contributed by atoms with Crippen LogP contribution in [0, 0.1) is 11.3 Å². The van der Waals surface area contributed by atoms with Gasteiger partial charge >= 0.3 is 5.97 Å². The number of allylic oxidation sites excluding steroid dienone is 1. The number of carbonyl (C=O) groups excluding carboxylic acids is 1. The van der Waals surface area contributed by atoms with Crippen LogP contribution in [0.4, 0.5) is 0 Å². The molecule has 28 heavy (non-hydrogen) atoms. The number of fused-ring (bicyclic) bond motifs is 1. The Labute approximate surface area is 169 Å². The number of esters is 1. The number of ether oxygens (including phenoxy) is 3. The minimum atomic E-state index is -0.501. The van der Waals surface area contributed by atoms with E-state index in [1.54, 1.807) is 18.2 Å². The van der Waals surface area contributed by atoms with Crippen molar-refractivity contribution in [2.75, 3.05) is 20.8 Å². The van der Waals surface area contributed by atoms with Gasteiger partial charge in [0.1, 0.15) is 11.9 Å². The van der Waals surface area contributed by atoms with Crippen LogP contribution in [0.5, 0.6) is 11.5 Å². The summed E-state index contributed by atoms with van der Waals surface area (Å²) in [5, 5.41) is 9.61. The molecule has 0 atom stereocenters. The third-order valence-corrected chi connectivity index (χ3v) is 4.61. The van der Waals surface area contributed by atoms with E-state index in [9.17, 15) is 10.1 Å². The van der Waals surface area contributed by atoms with Crippen molar-refractivity contribution in [3.8, 4) is 17.6 Å². The molecular weight excluding hydrogens is 426 g/mol. The van der Waals surface area contributed by atoms with Crippen LogP contribution in [0.2, 0.25) is 0 Å². The van der Waals surface area contributed by atoms with E-state index in [-0.39, 0.29) is 6.61 Å². The Morgan fingerprint density at radius 3 is 2.75 bits per heavy atom. The van der Waals surface area contributed by atoms with Crippen LogP contribution < -0.4 is 9.47 Å². The smallest absolute Gasteiger partial charge is 0.343 e. The van der Waals surface area contributed by atoms with Crippen molar-refractivity contribution < 1.29 is 19.0 Å². The van der Waals surface area contributed by atoms with Gasteiger partial charge in [-0.05, 0) is 35.9 Å². The van der Waals surface area contributed by atoms with E-state index < -0.39 is 5.97 Å². The van der Waals surface area contributed by atoms with Gasteiger partial charge in [0, 0.05) is 4.47 Å². The van der Waals surface area contributed by atoms with Crippen LogP contribution in [-0.4, -0.2) is 36.8 Å². The first-order chi connectivity index (χ1) is 13.5. The van der Waals surface area contributed by atoms with Crippen molar-refractivity contribution >= 4 is 44.6 Å². The van der Waals surface area contributed by atoms with Gasteiger partial charge in [-0.25, -0.2) is 9.78 Å². The summed E-state index contributed by atoms with van der Waals surface area (Å²) < 4.78 is 16.0. The highest BCUT2D eigenvalue weighted by molar-refractivity contribution is 9.10. The zero-order valence-electron chi connectivity index (χ0n) is 15.2. The molecule has 8 heteroatoms. The predicted octanol–water partition coefficient (Wildman–Crippen LogP) is 3.95. The van der Waals surface area contributed by atoms with Gasteiger partial charge < -0.3 is 19.2 Å². The van der Waals surface area contributed by atoms with E-state index >= 15 is 0 Å². The average molecular weight is 442 g/mol. The minimum Gasteiger partial charge on any atom is -0.493 e. The maximum atomic E-state index is 11.3. The molecule has 0 spiro atoms. The van der Waals surface area contributed by atoms with Gasteiger partial charge in [0.05, 0.1) is 30.8 Å². The molecule has 1 heterocycles. The largest absolute Gasteiger partial charge is 0.493 e. The lowest BCUT2D eigenvalue weighted by molar-refractivity contribution is -0.142. The van der Waals surface area contributed by atoms with Crippen molar-refractivity contribution in [1.29, 1.82) is 5.26 Å². The number of carbonyl (C=O) groups is 1. The standard InChI is InChI=1S/C20H16BrN3O4/c1-26-17-8-12(14(21)9-18(17)28-11-19(25)27-2)7-13(10-22)20-23-15-5-3-4-6-16(15)24-20/h3-9H,11H2,1-2H3,(H,23,24)/b13-7+. The van der Waals surface area contributed by atoms with Gasteiger partial charge in [-0.3, -0.25) is 0 Å². The Morgan fingerprint density at radius 1 is 1.29 bits per heavy atom. The van der Waals surface area contributed by atoms with E-state index in [4.69, 9.17) is 9.47 Å². The molecule has 0 bridgehead atoms. The highest BCUT2D eigenvalue weighted by Crippen LogP contribution is 2.35. The first kappa shape index (κ1) is 19.5. The normalized spacial score (nSPS) is 11.1. The molecule has 0 aliphatic heterocycles. The van der Waals surface area contributed by atoms with Crippen LogP contribution in [0.1, 0.15) is 11.4 Å². The SMILES string of the molecule is COC(=O)COc1cc(Br)c(/C=C(\C#N)c2nc3ccccc3[nH]2)cc1OC. The molecule has 0 saturated carbocycles. The third kappa shape index (κ3) is 4.15. The number of H-pyrrole nitrogens is 1. The number of methoxy groups -OCH3 is 2. The fourth-order valence-electron chi connectivity index (χ4n) is 2.52. The van der Waals surface area contributed by atoms with Gasteiger partial charge in [0.15, 0.2) is 18.1 Å². The molecule has 142 valence electrons. The number of nitriles is 1. The number of aromatic amines is 1. The Hall–Kier alpha value is -3.31. The zero-order chi connectivity index (χ0) is 20.1. The Morgan fingerprint density at radius 2 is 2.07 bits per heavy atom. The molecule has 0 saturated heterocycles. The maximum Gasteiger partial charge on any atom is 0.343 e. The summed E-state index contributed by atoms with van der Waals surface area (Å²) in [6, 6.07) is 13.1. The fourth-order valence-corrected chi connectivity index (χ4v) is 2.96. The quantitative estimate of drug-likeness (QED) is 0.459. The summed E-state index contributed by atoms with van der Waals surface area (Å²) in [4.78, 5) is 18.9. The number of aromatic nitrogens is 2. The number of hydrogen-bond donors (Lipinski definition) is 1. The lowest BCUT2D eigenvalue weighted by Crippen LogP contribution is -2.13. The predicted molar refractivity (Wildman–Crippen MR) is 108 cm³/mol. The Bertz CT molecular complexity index is 1070. The summed E-state index contributed by atoms with van der Waals surface area (Å²) in [7, 11) is 2.78. The molecule has 7 nitrogen and oxygen atoms in total. The number of benzene rings is 2. The summed E-state index contributed by atoms with van der Waals surface area (Å²) in [6.07, 6.45) is 1.69. The molecule has 0 aliphatic carbocycles. The van der Waals surface area contributed by atoms with Crippen molar-refractivity contribution in [3.63, 3.8) is 0 Å². The number of rotatable bonds is 6. The summed E-state index contributed by atoms with van der Waals surface area (Å²) >= 11 is 3.46. The van der Waals surface area contributed by atoms with Gasteiger partial charge in [-0.2, -0.15) is 5.26 Å². The summed E-state index contributed by atoms with van der Waals surface area (Å²) in [5.41, 5.74) is 2.69. The van der Waals surface area contributed by atoms with E-state index in [1.165, 1.54) is 14.2 Å². The van der Waals surface area contributed by atoms with E-state index in [2.05, 4.69) is 36.7 Å². The summed E-state index contributed by atoms with van der Waals surface area (Å²) in [5.74, 6) is 0.763. The lowest BCUT2D eigenvalue weighted by Gasteiger charge is -2.12. The van der Waals surface area contributed by atoms with Crippen molar-refractivity contribution in [1.82, 2.24) is 9.97 Å². The van der Waals surface area contributed by atoms with Crippen LogP contribution in [0.15, 0.2) is 40.9 Å². The maximum absolute atomic E-state index is 11.3. The Balaban J connectivity index is 1.97. The van der Waals surface area contributed by atoms with Crippen molar-refractivity contribution in [2.45, 2.75) is 0 Å². The lowest BCUT2D eigenvalue weighted by atomic mass is 10.1. The number of para-hydroxylation sites is 2. The Kier molecular flexibility index (Phi) is 5.96. The third-order valence-electron chi connectivity index (χ3n) is 3.92. The number of hydrogen-bond acceptors (Lipinski definition) is 6. The van der Waals surface area contributed by atoms with Crippen molar-refractivity contribution in [3.05, 3.63) is 52.3 Å². The van der Waals surface area contributed by atoms with Crippen LogP contribution in [0.25, 0.3) is 22.7 Å². The monoisotopic (exact) mass is 441 g/mol. The zero-order valence-corrected chi connectivity index (χ0v) is 16.7. The summed E-state index contributed by atoms with van der Waals surface area (Å²) in [6.45, 7) is -0.239. The second-order valence-corrected chi connectivity index (χ2v) is 6.52. The molecule has 1 N–H and O–H groups in total. The fraction of sp³-hybridized carbons (Fsp3) is 0.150. The molecule has 3 aromatic rings. The van der Waals surface area contributed by atoms with Crippen molar-refractivity contribution in [2.24, 2.45) is 0 Å². The number of imidazole rings is 1. The molecular formula is C20H16BrN3O4. The number of halogens is 1. The van der Waals surface area contributed by atoms with E-state index in [1.807, 2.05) is 24.3 Å². The minimum absolute atomic E-state index is 0.239. The van der Waals surface area contributed by atoms with Gasteiger partial charge in [0.2, 0.25) is 0 Å². The second-order valence-electron chi connectivity index (χ2n) is 5.66. The topological polar surface area (TPSA) is 97.2 Å². The molecule has 0 aliphatic rings. The molecule has 0 unspecified atom stereocenters. The van der Waals surface area contributed by atoms with Crippen LogP contribution >= 0.6 is 15.9 Å². The number of nitrogens with one attached hydrogen (secondary N) is 1. The first-order valence-electron chi connectivity index (χ1n) is 8.19. The molecule has 2 aromatic carbocycles. The first-order valence-corrected chi connectivity index (χ1v) is 8.99.